The summed E-state index contributed by atoms with van der Waals surface area (Å²) in [5, 5.41) is 7.66. The molecule has 1 aromatic heterocycles. The number of nitrogens with zero attached hydrogens (tertiary/aromatic N) is 1. The van der Waals surface area contributed by atoms with Crippen LogP contribution in [0.4, 0.5) is 5.69 Å². The lowest BCUT2D eigenvalue weighted by Gasteiger charge is -2.35. The van der Waals surface area contributed by atoms with Crippen LogP contribution in [0.15, 0.2) is 66.0 Å². The minimum atomic E-state index is -0.914. The Morgan fingerprint density at radius 3 is 2.11 bits per heavy atom. The van der Waals surface area contributed by atoms with E-state index in [1.807, 2.05) is 81.6 Å². The standard InChI is InChI=1S/C30H37N3O3S/c1-7-30(5,6)32-29(36)27(23-12-10-21(4)11-13-23)33(24-16-14-22(15-17-24)20(2)3)26(34)19-31-28(35)25-9-8-18-37-25/h8-18,20,27H,7,19H2,1-6H3,(H,31,35)(H,32,36). The predicted molar refractivity (Wildman–Crippen MR) is 151 cm³/mol. The number of aryl methyl sites for hydroxylation is 1. The van der Waals surface area contributed by atoms with Crippen LogP contribution in [0.2, 0.25) is 0 Å². The molecule has 6 nitrogen and oxygen atoms in total. The third-order valence-electron chi connectivity index (χ3n) is 6.50. The van der Waals surface area contributed by atoms with E-state index < -0.39 is 11.6 Å². The van der Waals surface area contributed by atoms with Crippen LogP contribution in [0, 0.1) is 6.92 Å². The maximum absolute atomic E-state index is 13.8. The first-order valence-electron chi connectivity index (χ1n) is 12.6. The lowest BCUT2D eigenvalue weighted by atomic mass is 9.97. The number of thiophene rings is 1. The van der Waals surface area contributed by atoms with E-state index in [2.05, 4.69) is 24.5 Å². The van der Waals surface area contributed by atoms with Gasteiger partial charge in [0.05, 0.1) is 11.4 Å². The average Bonchev–Trinajstić information content (AvgIpc) is 3.41. The van der Waals surface area contributed by atoms with Gasteiger partial charge in [0.15, 0.2) is 0 Å². The van der Waals surface area contributed by atoms with Gasteiger partial charge in [-0.15, -0.1) is 11.3 Å². The topological polar surface area (TPSA) is 78.5 Å². The first kappa shape index (κ1) is 28.1. The second-order valence-electron chi connectivity index (χ2n) is 10.2. The number of hydrogen-bond acceptors (Lipinski definition) is 4. The van der Waals surface area contributed by atoms with Crippen molar-refractivity contribution in [3.05, 3.63) is 87.6 Å². The van der Waals surface area contributed by atoms with E-state index in [0.717, 1.165) is 17.5 Å². The molecule has 0 spiro atoms. The average molecular weight is 520 g/mol. The van der Waals surface area contributed by atoms with Crippen LogP contribution in [0.5, 0.6) is 0 Å². The molecule has 0 saturated carbocycles. The molecule has 0 aliphatic heterocycles. The van der Waals surface area contributed by atoms with Gasteiger partial charge in [-0.25, -0.2) is 0 Å². The smallest absolute Gasteiger partial charge is 0.261 e. The maximum atomic E-state index is 13.8. The minimum absolute atomic E-state index is 0.241. The molecule has 2 N–H and O–H groups in total. The molecule has 0 radical (unpaired) electrons. The van der Waals surface area contributed by atoms with Crippen molar-refractivity contribution >= 4 is 34.7 Å². The molecule has 1 heterocycles. The number of carbonyl (C=O) groups is 3. The Morgan fingerprint density at radius 1 is 0.946 bits per heavy atom. The summed E-state index contributed by atoms with van der Waals surface area (Å²) in [5.41, 5.74) is 3.02. The molecule has 3 rings (SSSR count). The quantitative estimate of drug-likeness (QED) is 0.345. The van der Waals surface area contributed by atoms with Crippen molar-refractivity contribution < 1.29 is 14.4 Å². The lowest BCUT2D eigenvalue weighted by Crippen LogP contribution is -2.52. The van der Waals surface area contributed by atoms with Crippen LogP contribution in [0.25, 0.3) is 0 Å². The normalized spacial score (nSPS) is 12.2. The molecule has 196 valence electrons. The van der Waals surface area contributed by atoms with Gasteiger partial charge in [0.25, 0.3) is 5.91 Å². The molecule has 3 aromatic rings. The monoisotopic (exact) mass is 519 g/mol. The van der Waals surface area contributed by atoms with Crippen LogP contribution in [0.3, 0.4) is 0 Å². The Morgan fingerprint density at radius 2 is 1.57 bits per heavy atom. The fourth-order valence-corrected chi connectivity index (χ4v) is 4.49. The third kappa shape index (κ3) is 7.29. The molecule has 0 fully saturated rings. The number of hydrogen-bond donors (Lipinski definition) is 2. The van der Waals surface area contributed by atoms with E-state index in [4.69, 9.17) is 0 Å². The van der Waals surface area contributed by atoms with Gasteiger partial charge in [-0.2, -0.15) is 0 Å². The SMILES string of the molecule is CCC(C)(C)NC(=O)C(c1ccc(C)cc1)N(C(=O)CNC(=O)c1cccs1)c1ccc(C(C)C)cc1. The van der Waals surface area contributed by atoms with Gasteiger partial charge >= 0.3 is 0 Å². The fraction of sp³-hybridized carbons (Fsp3) is 0.367. The van der Waals surface area contributed by atoms with Crippen LogP contribution in [-0.2, 0) is 9.59 Å². The van der Waals surface area contributed by atoms with Crippen LogP contribution in [0.1, 0.15) is 79.4 Å². The summed E-state index contributed by atoms with van der Waals surface area (Å²) < 4.78 is 0. The summed E-state index contributed by atoms with van der Waals surface area (Å²) in [5.74, 6) is -0.648. The van der Waals surface area contributed by atoms with E-state index in [1.165, 1.54) is 16.2 Å². The highest BCUT2D eigenvalue weighted by Gasteiger charge is 2.35. The number of amides is 3. The molecule has 0 saturated heterocycles. The van der Waals surface area contributed by atoms with Crippen molar-refractivity contribution in [3.8, 4) is 0 Å². The molecular weight excluding hydrogens is 482 g/mol. The van der Waals surface area contributed by atoms with Crippen molar-refractivity contribution in [2.24, 2.45) is 0 Å². The van der Waals surface area contributed by atoms with Gasteiger partial charge in [0.1, 0.15) is 6.04 Å². The third-order valence-corrected chi connectivity index (χ3v) is 7.37. The second-order valence-corrected chi connectivity index (χ2v) is 11.2. The Hall–Kier alpha value is -3.45. The molecule has 0 aliphatic carbocycles. The molecule has 37 heavy (non-hydrogen) atoms. The maximum Gasteiger partial charge on any atom is 0.261 e. The molecule has 0 bridgehead atoms. The van der Waals surface area contributed by atoms with Crippen LogP contribution in [-0.4, -0.2) is 29.8 Å². The molecule has 1 atom stereocenters. The zero-order valence-electron chi connectivity index (χ0n) is 22.5. The largest absolute Gasteiger partial charge is 0.349 e. The Balaban J connectivity index is 2.04. The first-order chi connectivity index (χ1) is 17.5. The molecule has 3 amide bonds. The zero-order chi connectivity index (χ0) is 27.2. The van der Waals surface area contributed by atoms with E-state index in [9.17, 15) is 14.4 Å². The van der Waals surface area contributed by atoms with Crippen molar-refractivity contribution in [1.82, 2.24) is 10.6 Å². The molecule has 0 aliphatic rings. The van der Waals surface area contributed by atoms with E-state index in [-0.39, 0.29) is 24.3 Å². The highest BCUT2D eigenvalue weighted by Crippen LogP contribution is 2.30. The number of anilines is 1. The van der Waals surface area contributed by atoms with Gasteiger partial charge in [0, 0.05) is 11.2 Å². The summed E-state index contributed by atoms with van der Waals surface area (Å²) in [4.78, 5) is 42.2. The number of nitrogens with one attached hydrogen (secondary N) is 2. The van der Waals surface area contributed by atoms with Crippen LogP contribution < -0.4 is 15.5 Å². The predicted octanol–water partition coefficient (Wildman–Crippen LogP) is 5.99. The second kappa shape index (κ2) is 12.2. The van der Waals surface area contributed by atoms with Gasteiger partial charge in [-0.3, -0.25) is 19.3 Å². The van der Waals surface area contributed by atoms with Crippen molar-refractivity contribution in [2.45, 2.75) is 65.5 Å². The molecule has 1 unspecified atom stereocenters. The van der Waals surface area contributed by atoms with E-state index >= 15 is 0 Å². The Bertz CT molecular complexity index is 1200. The molecular formula is C30H37N3O3S. The van der Waals surface area contributed by atoms with Crippen LogP contribution >= 0.6 is 11.3 Å². The Kier molecular flexibility index (Phi) is 9.27. The molecule has 2 aromatic carbocycles. The summed E-state index contributed by atoms with van der Waals surface area (Å²) in [7, 11) is 0. The fourth-order valence-electron chi connectivity index (χ4n) is 3.85. The van der Waals surface area contributed by atoms with E-state index in [1.54, 1.807) is 12.1 Å². The highest BCUT2D eigenvalue weighted by atomic mass is 32.1. The number of rotatable bonds is 10. The number of benzene rings is 2. The van der Waals surface area contributed by atoms with Gasteiger partial charge in [-0.05, 0) is 67.8 Å². The van der Waals surface area contributed by atoms with Crippen molar-refractivity contribution in [3.63, 3.8) is 0 Å². The zero-order valence-corrected chi connectivity index (χ0v) is 23.3. The van der Waals surface area contributed by atoms with Gasteiger partial charge in [-0.1, -0.05) is 68.8 Å². The van der Waals surface area contributed by atoms with Crippen molar-refractivity contribution in [2.75, 3.05) is 11.4 Å². The molecule has 7 heteroatoms. The first-order valence-corrected chi connectivity index (χ1v) is 13.5. The summed E-state index contributed by atoms with van der Waals surface area (Å²) >= 11 is 1.31. The number of carbonyl (C=O) groups excluding carboxylic acids is 3. The van der Waals surface area contributed by atoms with Crippen molar-refractivity contribution in [1.29, 1.82) is 0 Å². The Labute approximate surface area is 224 Å². The highest BCUT2D eigenvalue weighted by molar-refractivity contribution is 7.12. The summed E-state index contributed by atoms with van der Waals surface area (Å²) in [6.07, 6.45) is 0.729. The summed E-state index contributed by atoms with van der Waals surface area (Å²) in [6.45, 7) is 11.9. The summed E-state index contributed by atoms with van der Waals surface area (Å²) in [6, 6.07) is 17.9. The van der Waals surface area contributed by atoms with E-state index in [0.29, 0.717) is 22.0 Å². The van der Waals surface area contributed by atoms with Gasteiger partial charge < -0.3 is 10.6 Å². The minimum Gasteiger partial charge on any atom is -0.349 e. The van der Waals surface area contributed by atoms with Gasteiger partial charge in [0.2, 0.25) is 11.8 Å². The lowest BCUT2D eigenvalue weighted by molar-refractivity contribution is -0.127.